The third-order valence-corrected chi connectivity index (χ3v) is 2.26. The summed E-state index contributed by atoms with van der Waals surface area (Å²) < 4.78 is 1.53. The monoisotopic (exact) mass is 221 g/mol. The van der Waals surface area contributed by atoms with Crippen LogP contribution < -0.4 is 5.73 Å². The van der Waals surface area contributed by atoms with Crippen LogP contribution in [0.2, 0.25) is 5.02 Å². The van der Waals surface area contributed by atoms with Gasteiger partial charge in [-0.15, -0.1) is 0 Å². The first kappa shape index (κ1) is 9.73. The van der Waals surface area contributed by atoms with E-state index in [1.54, 1.807) is 24.4 Å². The zero-order chi connectivity index (χ0) is 10.8. The number of benzene rings is 1. The van der Waals surface area contributed by atoms with Crippen LogP contribution in [-0.2, 0) is 0 Å². The highest BCUT2D eigenvalue weighted by atomic mass is 35.5. The maximum absolute atomic E-state index is 10.5. The molecule has 0 aliphatic rings. The van der Waals surface area contributed by atoms with Gasteiger partial charge < -0.3 is 5.73 Å². The molecule has 0 aliphatic carbocycles. The minimum atomic E-state index is 0.496. The first-order valence-electron chi connectivity index (χ1n) is 4.26. The summed E-state index contributed by atoms with van der Waals surface area (Å²) in [5, 5.41) is 4.50. The Kier molecular flexibility index (Phi) is 2.43. The number of carbonyl (C=O) groups is 1. The van der Waals surface area contributed by atoms with E-state index in [0.717, 1.165) is 6.29 Å². The van der Waals surface area contributed by atoms with Crippen LogP contribution in [0.3, 0.4) is 0 Å². The van der Waals surface area contributed by atoms with Crippen LogP contribution in [0.15, 0.2) is 30.6 Å². The number of halogens is 1. The predicted octanol–water partition coefficient (Wildman–Crippen LogP) is 1.92. The normalized spacial score (nSPS) is 10.2. The summed E-state index contributed by atoms with van der Waals surface area (Å²) in [6.45, 7) is 0. The second kappa shape index (κ2) is 3.74. The average molecular weight is 222 g/mol. The number of rotatable bonds is 2. The van der Waals surface area contributed by atoms with Crippen molar-refractivity contribution in [2.75, 3.05) is 5.73 Å². The molecule has 5 heteroatoms. The number of hydrogen-bond donors (Lipinski definition) is 1. The number of nitrogens with zero attached hydrogens (tertiary/aromatic N) is 2. The first-order chi connectivity index (χ1) is 7.20. The van der Waals surface area contributed by atoms with Crippen molar-refractivity contribution in [2.45, 2.75) is 0 Å². The molecule has 2 rings (SSSR count). The largest absolute Gasteiger partial charge is 0.399 e. The summed E-state index contributed by atoms with van der Waals surface area (Å²) >= 11 is 5.99. The standard InChI is InChI=1S/C10H8ClN3O/c11-9-3-8(12)1-2-10(9)14-5-7(6-15)4-13-14/h1-6H,12H2. The van der Waals surface area contributed by atoms with Gasteiger partial charge in [0, 0.05) is 11.9 Å². The number of nitrogen functional groups attached to an aromatic ring is 1. The van der Waals surface area contributed by atoms with Crippen LogP contribution in [0, 0.1) is 0 Å². The Morgan fingerprint density at radius 2 is 2.27 bits per heavy atom. The van der Waals surface area contributed by atoms with Crippen LogP contribution in [0.5, 0.6) is 0 Å². The van der Waals surface area contributed by atoms with Crippen molar-refractivity contribution in [1.82, 2.24) is 9.78 Å². The van der Waals surface area contributed by atoms with Gasteiger partial charge in [-0.1, -0.05) is 11.6 Å². The number of anilines is 1. The molecule has 0 unspecified atom stereocenters. The van der Waals surface area contributed by atoms with E-state index in [1.807, 2.05) is 0 Å². The topological polar surface area (TPSA) is 60.9 Å². The minimum Gasteiger partial charge on any atom is -0.399 e. The molecule has 2 aromatic rings. The van der Waals surface area contributed by atoms with E-state index in [0.29, 0.717) is 22.0 Å². The van der Waals surface area contributed by atoms with Crippen LogP contribution >= 0.6 is 11.6 Å². The van der Waals surface area contributed by atoms with Crippen molar-refractivity contribution in [3.8, 4) is 5.69 Å². The molecule has 1 aromatic heterocycles. The Labute approximate surface area is 91.3 Å². The number of carbonyl (C=O) groups excluding carboxylic acids is 1. The first-order valence-corrected chi connectivity index (χ1v) is 4.64. The molecule has 2 N–H and O–H groups in total. The zero-order valence-corrected chi connectivity index (χ0v) is 8.48. The second-order valence-corrected chi connectivity index (χ2v) is 3.45. The molecule has 0 saturated carbocycles. The van der Waals surface area contributed by atoms with Gasteiger partial charge in [0.15, 0.2) is 6.29 Å². The van der Waals surface area contributed by atoms with Gasteiger partial charge >= 0.3 is 0 Å². The van der Waals surface area contributed by atoms with Crippen molar-refractivity contribution in [3.63, 3.8) is 0 Å². The highest BCUT2D eigenvalue weighted by molar-refractivity contribution is 6.32. The van der Waals surface area contributed by atoms with Crippen LogP contribution in [0.25, 0.3) is 5.69 Å². The highest BCUT2D eigenvalue weighted by Crippen LogP contribution is 2.22. The lowest BCUT2D eigenvalue weighted by Crippen LogP contribution is -1.96. The van der Waals surface area contributed by atoms with E-state index < -0.39 is 0 Å². The summed E-state index contributed by atoms with van der Waals surface area (Å²) in [5.41, 5.74) is 7.35. The molecule has 0 bridgehead atoms. The fourth-order valence-corrected chi connectivity index (χ4v) is 1.51. The molecular weight excluding hydrogens is 214 g/mol. The molecule has 1 heterocycles. The van der Waals surface area contributed by atoms with Gasteiger partial charge in [-0.05, 0) is 18.2 Å². The van der Waals surface area contributed by atoms with E-state index in [-0.39, 0.29) is 0 Å². The van der Waals surface area contributed by atoms with Crippen molar-refractivity contribution in [3.05, 3.63) is 41.2 Å². The van der Waals surface area contributed by atoms with Gasteiger partial charge in [-0.3, -0.25) is 4.79 Å². The van der Waals surface area contributed by atoms with Crippen molar-refractivity contribution in [1.29, 1.82) is 0 Å². The number of hydrogen-bond acceptors (Lipinski definition) is 3. The fourth-order valence-electron chi connectivity index (χ4n) is 1.24. The lowest BCUT2D eigenvalue weighted by atomic mass is 10.3. The quantitative estimate of drug-likeness (QED) is 0.623. The van der Waals surface area contributed by atoms with E-state index >= 15 is 0 Å². The molecule has 76 valence electrons. The number of aldehydes is 1. The van der Waals surface area contributed by atoms with Crippen molar-refractivity contribution < 1.29 is 4.79 Å². The maximum atomic E-state index is 10.5. The molecule has 0 radical (unpaired) electrons. The Morgan fingerprint density at radius 3 is 2.87 bits per heavy atom. The summed E-state index contributed by atoms with van der Waals surface area (Å²) in [5.74, 6) is 0. The molecule has 1 aromatic carbocycles. The highest BCUT2D eigenvalue weighted by Gasteiger charge is 2.04. The summed E-state index contributed by atoms with van der Waals surface area (Å²) in [6.07, 6.45) is 3.80. The lowest BCUT2D eigenvalue weighted by molar-refractivity contribution is 0.112. The van der Waals surface area contributed by atoms with E-state index in [4.69, 9.17) is 17.3 Å². The molecule has 0 atom stereocenters. The Hall–Kier alpha value is -1.81. The van der Waals surface area contributed by atoms with Crippen LogP contribution in [0.1, 0.15) is 10.4 Å². The SMILES string of the molecule is Nc1ccc(-n2cc(C=O)cn2)c(Cl)c1. The lowest BCUT2D eigenvalue weighted by Gasteiger charge is -2.04. The van der Waals surface area contributed by atoms with E-state index in [9.17, 15) is 4.79 Å². The number of aromatic nitrogens is 2. The van der Waals surface area contributed by atoms with Crippen LogP contribution in [0.4, 0.5) is 5.69 Å². The van der Waals surface area contributed by atoms with Gasteiger partial charge in [0.25, 0.3) is 0 Å². The summed E-state index contributed by atoms with van der Waals surface area (Å²) in [4.78, 5) is 10.5. The molecule has 0 amide bonds. The van der Waals surface area contributed by atoms with Gasteiger partial charge in [0.2, 0.25) is 0 Å². The molecule has 15 heavy (non-hydrogen) atoms. The van der Waals surface area contributed by atoms with E-state index in [2.05, 4.69) is 5.10 Å². The zero-order valence-electron chi connectivity index (χ0n) is 7.72. The van der Waals surface area contributed by atoms with Crippen molar-refractivity contribution in [2.24, 2.45) is 0 Å². The third kappa shape index (κ3) is 1.85. The van der Waals surface area contributed by atoms with Gasteiger partial charge in [-0.25, -0.2) is 4.68 Å². The number of nitrogens with two attached hydrogens (primary N) is 1. The average Bonchev–Trinajstić information content (AvgIpc) is 2.66. The third-order valence-electron chi connectivity index (χ3n) is 1.96. The predicted molar refractivity (Wildman–Crippen MR) is 58.4 cm³/mol. The van der Waals surface area contributed by atoms with Crippen molar-refractivity contribution >= 4 is 23.6 Å². The smallest absolute Gasteiger partial charge is 0.153 e. The van der Waals surface area contributed by atoms with Gasteiger partial charge in [0.05, 0.1) is 22.5 Å². The Bertz CT molecular complexity index is 507. The fraction of sp³-hybridized carbons (Fsp3) is 0. The molecule has 0 aliphatic heterocycles. The Balaban J connectivity index is 2.49. The molecule has 0 saturated heterocycles. The minimum absolute atomic E-state index is 0.496. The van der Waals surface area contributed by atoms with Gasteiger partial charge in [0.1, 0.15) is 0 Å². The molecule has 0 spiro atoms. The molecular formula is C10H8ClN3O. The van der Waals surface area contributed by atoms with E-state index in [1.165, 1.54) is 10.9 Å². The van der Waals surface area contributed by atoms with Gasteiger partial charge in [-0.2, -0.15) is 5.10 Å². The maximum Gasteiger partial charge on any atom is 0.153 e. The molecule has 4 nitrogen and oxygen atoms in total. The Morgan fingerprint density at radius 1 is 1.47 bits per heavy atom. The molecule has 0 fully saturated rings. The van der Waals surface area contributed by atoms with Crippen LogP contribution in [-0.4, -0.2) is 16.1 Å². The summed E-state index contributed by atoms with van der Waals surface area (Å²) in [7, 11) is 0. The second-order valence-electron chi connectivity index (χ2n) is 3.05. The summed E-state index contributed by atoms with van der Waals surface area (Å²) in [6, 6.07) is 5.11.